The van der Waals surface area contributed by atoms with Crippen LogP contribution in [0.3, 0.4) is 0 Å². The molecular weight excluding hydrogens is 451 g/mol. The fraction of sp³-hybridized carbons (Fsp3) is 0.522. The largest absolute Gasteiger partial charge is 0.416 e. The Labute approximate surface area is 195 Å². The Bertz CT molecular complexity index is 1020. The molecule has 4 amide bonds. The summed E-state index contributed by atoms with van der Waals surface area (Å²) in [5.74, 6) is -0.526. The molecule has 1 aromatic rings. The van der Waals surface area contributed by atoms with E-state index in [9.17, 15) is 27.6 Å². The van der Waals surface area contributed by atoms with Crippen LogP contribution < -0.4 is 5.32 Å². The second-order valence-corrected chi connectivity index (χ2v) is 8.68. The van der Waals surface area contributed by atoms with Crippen LogP contribution in [0.25, 0.3) is 0 Å². The number of carbonyl (C=O) groups excluding carboxylic acids is 3. The molecule has 8 nitrogen and oxygen atoms in total. The summed E-state index contributed by atoms with van der Waals surface area (Å²) in [6.45, 7) is 6.08. The monoisotopic (exact) mass is 479 g/mol. The quantitative estimate of drug-likeness (QED) is 0.702. The van der Waals surface area contributed by atoms with Crippen LogP contribution in [-0.4, -0.2) is 90.3 Å². The number of hydrogen-bond donors (Lipinski definition) is 1. The van der Waals surface area contributed by atoms with E-state index in [-0.39, 0.29) is 36.6 Å². The van der Waals surface area contributed by atoms with Gasteiger partial charge in [0.05, 0.1) is 29.4 Å². The van der Waals surface area contributed by atoms with Crippen molar-refractivity contribution in [3.63, 3.8) is 0 Å². The second kappa shape index (κ2) is 9.28. The molecule has 0 radical (unpaired) electrons. The number of alkyl halides is 3. The van der Waals surface area contributed by atoms with Gasteiger partial charge in [0.1, 0.15) is 0 Å². The minimum absolute atomic E-state index is 0.0602. The van der Waals surface area contributed by atoms with Crippen LogP contribution in [0.1, 0.15) is 30.5 Å². The molecule has 1 N–H and O–H groups in total. The van der Waals surface area contributed by atoms with E-state index >= 15 is 0 Å². The Morgan fingerprint density at radius 2 is 1.79 bits per heavy atom. The van der Waals surface area contributed by atoms with E-state index in [4.69, 9.17) is 0 Å². The lowest BCUT2D eigenvalue weighted by Crippen LogP contribution is -2.49. The molecule has 0 spiro atoms. The Morgan fingerprint density at radius 3 is 2.44 bits per heavy atom. The van der Waals surface area contributed by atoms with Gasteiger partial charge in [-0.2, -0.15) is 13.2 Å². The van der Waals surface area contributed by atoms with Gasteiger partial charge >= 0.3 is 12.2 Å². The van der Waals surface area contributed by atoms with Crippen LogP contribution in [0.5, 0.6) is 0 Å². The summed E-state index contributed by atoms with van der Waals surface area (Å²) in [6, 6.07) is 3.14. The maximum absolute atomic E-state index is 13.6. The molecule has 11 heteroatoms. The highest BCUT2D eigenvalue weighted by Gasteiger charge is 2.45. The molecule has 0 unspecified atom stereocenters. The van der Waals surface area contributed by atoms with Gasteiger partial charge in [0.15, 0.2) is 0 Å². The number of rotatable bonds is 5. The number of halogens is 3. The predicted molar refractivity (Wildman–Crippen MR) is 117 cm³/mol. The highest BCUT2D eigenvalue weighted by Crippen LogP contribution is 2.41. The third-order valence-electron chi connectivity index (χ3n) is 6.78. The first kappa shape index (κ1) is 24.1. The summed E-state index contributed by atoms with van der Waals surface area (Å²) in [5, 5.41) is 2.55. The Hall–Kier alpha value is -3.08. The first-order valence-electron chi connectivity index (χ1n) is 11.3. The van der Waals surface area contributed by atoms with Crippen molar-refractivity contribution in [1.82, 2.24) is 24.9 Å². The van der Waals surface area contributed by atoms with Crippen molar-refractivity contribution >= 4 is 17.8 Å². The molecule has 3 aliphatic heterocycles. The SMILES string of the molecule is CCN1CCN(C(=O)CCN2CC3=C(C2=O)[C@H](c2ccccc2C(F)(F)F)NC(=O)N3C)CC1. The van der Waals surface area contributed by atoms with Crippen LogP contribution in [0.4, 0.5) is 18.0 Å². The fourth-order valence-corrected chi connectivity index (χ4v) is 4.75. The number of hydrogen-bond acceptors (Lipinski definition) is 4. The molecule has 0 aliphatic carbocycles. The summed E-state index contributed by atoms with van der Waals surface area (Å²) in [4.78, 5) is 45.2. The maximum atomic E-state index is 13.6. The van der Waals surface area contributed by atoms with Gasteiger partial charge in [-0.3, -0.25) is 14.5 Å². The van der Waals surface area contributed by atoms with Crippen molar-refractivity contribution in [1.29, 1.82) is 0 Å². The third kappa shape index (κ3) is 4.48. The summed E-state index contributed by atoms with van der Waals surface area (Å²) < 4.78 is 40.9. The van der Waals surface area contributed by atoms with E-state index in [1.165, 1.54) is 35.0 Å². The van der Waals surface area contributed by atoms with Crippen LogP contribution >= 0.6 is 0 Å². The summed E-state index contributed by atoms with van der Waals surface area (Å²) in [7, 11) is 1.48. The Balaban J connectivity index is 1.51. The van der Waals surface area contributed by atoms with E-state index in [0.717, 1.165) is 25.7 Å². The topological polar surface area (TPSA) is 76.2 Å². The number of amides is 4. The number of piperazine rings is 1. The van der Waals surface area contributed by atoms with Gasteiger partial charge in [-0.15, -0.1) is 0 Å². The number of benzene rings is 1. The molecule has 1 saturated heterocycles. The Morgan fingerprint density at radius 1 is 1.12 bits per heavy atom. The van der Waals surface area contributed by atoms with Crippen LogP contribution in [0.15, 0.2) is 35.5 Å². The lowest BCUT2D eigenvalue weighted by Gasteiger charge is -2.34. The zero-order valence-corrected chi connectivity index (χ0v) is 19.2. The van der Waals surface area contributed by atoms with E-state index in [2.05, 4.69) is 17.1 Å². The van der Waals surface area contributed by atoms with Crippen molar-refractivity contribution in [2.75, 3.05) is 52.9 Å². The number of carbonyl (C=O) groups is 3. The van der Waals surface area contributed by atoms with E-state index in [0.29, 0.717) is 18.8 Å². The molecule has 34 heavy (non-hydrogen) atoms. The van der Waals surface area contributed by atoms with Crippen molar-refractivity contribution in [2.45, 2.75) is 25.6 Å². The number of urea groups is 1. The molecule has 1 fully saturated rings. The van der Waals surface area contributed by atoms with Crippen LogP contribution in [0.2, 0.25) is 0 Å². The average Bonchev–Trinajstić information content (AvgIpc) is 3.15. The second-order valence-electron chi connectivity index (χ2n) is 8.68. The molecule has 3 aliphatic rings. The van der Waals surface area contributed by atoms with Gasteiger partial charge in [0.2, 0.25) is 5.91 Å². The van der Waals surface area contributed by atoms with Gasteiger partial charge in [0, 0.05) is 46.2 Å². The third-order valence-corrected chi connectivity index (χ3v) is 6.78. The minimum atomic E-state index is -4.64. The van der Waals surface area contributed by atoms with Crippen molar-refractivity contribution in [2.24, 2.45) is 0 Å². The van der Waals surface area contributed by atoms with Gasteiger partial charge in [0.25, 0.3) is 5.91 Å². The predicted octanol–water partition coefficient (Wildman–Crippen LogP) is 2.05. The number of likely N-dealkylation sites (N-methyl/N-ethyl adjacent to an activating group) is 2. The number of nitrogens with zero attached hydrogens (tertiary/aromatic N) is 4. The highest BCUT2D eigenvalue weighted by atomic mass is 19.4. The van der Waals surface area contributed by atoms with Crippen molar-refractivity contribution in [3.8, 4) is 0 Å². The standard InChI is InChI=1S/C23H28F3N5O3/c1-3-29-10-12-30(13-11-29)18(32)8-9-31-14-17-19(21(31)33)20(27-22(34)28(17)2)15-6-4-5-7-16(15)23(24,25)26/h4-7,20H,3,8-14H2,1-2H3,(H,27,34)/t20-/m0/s1. The normalized spacial score (nSPS) is 21.8. The summed E-state index contributed by atoms with van der Waals surface area (Å²) in [5.41, 5.74) is -0.601. The lowest BCUT2D eigenvalue weighted by atomic mass is 9.92. The van der Waals surface area contributed by atoms with Crippen LogP contribution in [-0.2, 0) is 15.8 Å². The summed E-state index contributed by atoms with van der Waals surface area (Å²) >= 11 is 0. The molecule has 0 aromatic heterocycles. The fourth-order valence-electron chi connectivity index (χ4n) is 4.75. The first-order chi connectivity index (χ1) is 16.1. The zero-order chi connectivity index (χ0) is 24.6. The molecular formula is C23H28F3N5O3. The van der Waals surface area contributed by atoms with Gasteiger partial charge in [-0.1, -0.05) is 25.1 Å². The van der Waals surface area contributed by atoms with Crippen LogP contribution in [0, 0.1) is 0 Å². The molecule has 3 heterocycles. The van der Waals surface area contributed by atoms with Gasteiger partial charge in [-0.05, 0) is 18.2 Å². The smallest absolute Gasteiger partial charge is 0.340 e. The number of nitrogens with one attached hydrogen (secondary N) is 1. The van der Waals surface area contributed by atoms with Gasteiger partial charge in [-0.25, -0.2) is 4.79 Å². The zero-order valence-electron chi connectivity index (χ0n) is 19.2. The molecule has 1 aromatic carbocycles. The molecule has 184 valence electrons. The van der Waals surface area contributed by atoms with Crippen molar-refractivity contribution < 1.29 is 27.6 Å². The molecule has 4 rings (SSSR count). The molecule has 0 bridgehead atoms. The maximum Gasteiger partial charge on any atom is 0.416 e. The lowest BCUT2D eigenvalue weighted by molar-refractivity contribution is -0.139. The van der Waals surface area contributed by atoms with E-state index in [1.807, 2.05) is 0 Å². The average molecular weight is 480 g/mol. The van der Waals surface area contributed by atoms with Gasteiger partial charge < -0.3 is 20.0 Å². The molecule has 0 saturated carbocycles. The highest BCUT2D eigenvalue weighted by molar-refractivity contribution is 6.01. The first-order valence-corrected chi connectivity index (χ1v) is 11.3. The Kier molecular flexibility index (Phi) is 6.57. The molecule has 1 atom stereocenters. The minimum Gasteiger partial charge on any atom is -0.340 e. The van der Waals surface area contributed by atoms with E-state index < -0.39 is 29.7 Å². The summed E-state index contributed by atoms with van der Waals surface area (Å²) in [6.07, 6.45) is -4.52. The van der Waals surface area contributed by atoms with E-state index in [1.54, 1.807) is 4.90 Å². The van der Waals surface area contributed by atoms with Crippen molar-refractivity contribution in [3.05, 3.63) is 46.7 Å².